The normalized spacial score (nSPS) is 7.00. The van der Waals surface area contributed by atoms with Crippen molar-refractivity contribution < 1.29 is 46.5 Å². The van der Waals surface area contributed by atoms with Crippen LogP contribution in [-0.4, -0.2) is 6.61 Å². The second kappa shape index (κ2) is 9.60. The minimum absolute atomic E-state index is 0. The molecule has 0 aromatic rings. The van der Waals surface area contributed by atoms with E-state index in [0.29, 0.717) is 0 Å². The fraction of sp³-hybridized carbons (Fsp3) is 0.750. The van der Waals surface area contributed by atoms with E-state index >= 15 is 0 Å². The molecule has 1 nitrogen and oxygen atoms in total. The number of rotatable bonds is 2. The largest absolute Gasteiger partial charge is 0.552 e. The van der Waals surface area contributed by atoms with Gasteiger partial charge in [-0.15, -0.1) is 0 Å². The van der Waals surface area contributed by atoms with E-state index in [1.807, 2.05) is 13.8 Å². The van der Waals surface area contributed by atoms with Crippen LogP contribution in [0.3, 0.4) is 0 Å². The topological polar surface area (TPSA) is 9.23 Å². The molecular formula is C4H9CeO-. The molecule has 0 amide bonds. The van der Waals surface area contributed by atoms with Crippen LogP contribution in [0.1, 0.15) is 13.8 Å². The first-order valence-corrected chi connectivity index (χ1v) is 1.81. The third-order valence-electron chi connectivity index (χ3n) is 0.333. The Kier molecular flexibility index (Phi) is 16.5. The van der Waals surface area contributed by atoms with Gasteiger partial charge in [-0.25, -0.2) is 6.61 Å². The summed E-state index contributed by atoms with van der Waals surface area (Å²) in [6, 6.07) is 0. The molecule has 0 unspecified atom stereocenters. The van der Waals surface area contributed by atoms with Gasteiger partial charge in [-0.3, -0.25) is 0 Å². The molecule has 0 N–H and O–H groups in total. The van der Waals surface area contributed by atoms with Crippen LogP contribution in [0.2, 0.25) is 0 Å². The second-order valence-electron chi connectivity index (χ2n) is 0.691. The van der Waals surface area contributed by atoms with Crippen molar-refractivity contribution in [1.29, 1.82) is 0 Å². The standard InChI is InChI=1S/C4H9O.Ce/c1-3-5-4-2;/h3H,4H2,1-2H3;/q-1;. The molecule has 0 aliphatic rings. The SMILES string of the molecule is C[CH-]OCC.[Ce]. The molecule has 0 aromatic carbocycles. The zero-order valence-electron chi connectivity index (χ0n) is 4.19. The van der Waals surface area contributed by atoms with E-state index in [1.165, 1.54) is 0 Å². The monoisotopic (exact) mass is 213 g/mol. The van der Waals surface area contributed by atoms with Crippen LogP contribution >= 0.6 is 0 Å². The molecule has 36 valence electrons. The van der Waals surface area contributed by atoms with Crippen molar-refractivity contribution in [1.82, 2.24) is 0 Å². The summed E-state index contributed by atoms with van der Waals surface area (Å²) in [7, 11) is 0. The van der Waals surface area contributed by atoms with Crippen molar-refractivity contribution in [3.63, 3.8) is 0 Å². The maximum absolute atomic E-state index is 4.71. The fourth-order valence-corrected chi connectivity index (χ4v) is 0.167. The fourth-order valence-electron chi connectivity index (χ4n) is 0.167. The first-order valence-electron chi connectivity index (χ1n) is 1.81. The summed E-state index contributed by atoms with van der Waals surface area (Å²) >= 11 is 0. The van der Waals surface area contributed by atoms with Gasteiger partial charge in [0.15, 0.2) is 0 Å². The molecule has 0 spiro atoms. The van der Waals surface area contributed by atoms with Crippen LogP contribution in [-0.2, 0) is 4.74 Å². The maximum atomic E-state index is 4.71. The average molecular weight is 213 g/mol. The molecule has 0 radical (unpaired) electrons. The molecule has 0 fully saturated rings. The molecule has 0 aliphatic heterocycles. The van der Waals surface area contributed by atoms with E-state index in [2.05, 4.69) is 0 Å². The molecule has 0 saturated heterocycles. The van der Waals surface area contributed by atoms with Crippen molar-refractivity contribution in [2.24, 2.45) is 0 Å². The summed E-state index contributed by atoms with van der Waals surface area (Å²) in [5.74, 6) is 0. The van der Waals surface area contributed by atoms with E-state index in [0.717, 1.165) is 6.61 Å². The van der Waals surface area contributed by atoms with E-state index < -0.39 is 0 Å². The van der Waals surface area contributed by atoms with Gasteiger partial charge in [-0.2, -0.15) is 6.92 Å². The number of ether oxygens (including phenoxy) is 1. The molecule has 2 heteroatoms. The zero-order chi connectivity index (χ0) is 4.12. The molecule has 0 bridgehead atoms. The number of hydrogen-bond acceptors (Lipinski definition) is 1. The van der Waals surface area contributed by atoms with Crippen LogP contribution in [0.5, 0.6) is 0 Å². The summed E-state index contributed by atoms with van der Waals surface area (Å²) < 4.78 is 4.71. The summed E-state index contributed by atoms with van der Waals surface area (Å²) in [4.78, 5) is 0. The molecule has 0 saturated carbocycles. The van der Waals surface area contributed by atoms with Crippen LogP contribution in [0.15, 0.2) is 0 Å². The minimum atomic E-state index is 0. The smallest absolute Gasteiger partial charge is 0.00825 e. The zero-order valence-corrected chi connectivity index (χ0v) is 7.33. The van der Waals surface area contributed by atoms with Gasteiger partial charge in [0.1, 0.15) is 0 Å². The summed E-state index contributed by atoms with van der Waals surface area (Å²) in [5, 5.41) is 0. The Morgan fingerprint density at radius 1 is 1.67 bits per heavy atom. The van der Waals surface area contributed by atoms with E-state index in [1.54, 1.807) is 6.61 Å². The van der Waals surface area contributed by atoms with E-state index in [9.17, 15) is 0 Å². The number of hydrogen-bond donors (Lipinski definition) is 0. The van der Waals surface area contributed by atoms with E-state index in [-0.39, 0.29) is 41.7 Å². The molecule has 0 aliphatic carbocycles. The van der Waals surface area contributed by atoms with Gasteiger partial charge in [0.05, 0.1) is 0 Å². The van der Waals surface area contributed by atoms with Crippen molar-refractivity contribution >= 4 is 0 Å². The molecule has 0 aromatic heterocycles. The van der Waals surface area contributed by atoms with Crippen LogP contribution in [0.25, 0.3) is 0 Å². The molecule has 0 rings (SSSR count). The Bertz CT molecular complexity index is 15.0. The van der Waals surface area contributed by atoms with Crippen molar-refractivity contribution in [3.8, 4) is 0 Å². The summed E-state index contributed by atoms with van der Waals surface area (Å²) in [6.07, 6.45) is 0. The third-order valence-corrected chi connectivity index (χ3v) is 0.333. The molecule has 0 heterocycles. The first kappa shape index (κ1) is 10.3. The van der Waals surface area contributed by atoms with Gasteiger partial charge in [0, 0.05) is 48.4 Å². The quantitative estimate of drug-likeness (QED) is 0.626. The second-order valence-corrected chi connectivity index (χ2v) is 0.691. The van der Waals surface area contributed by atoms with Crippen molar-refractivity contribution in [2.75, 3.05) is 6.61 Å². The van der Waals surface area contributed by atoms with Crippen LogP contribution < -0.4 is 0 Å². The van der Waals surface area contributed by atoms with Crippen LogP contribution in [0.4, 0.5) is 0 Å². The van der Waals surface area contributed by atoms with Crippen LogP contribution in [0, 0.1) is 48.4 Å². The Balaban J connectivity index is 0. The molecular weight excluding hydrogens is 204 g/mol. The Morgan fingerprint density at radius 3 is 2.17 bits per heavy atom. The Labute approximate surface area is 72.8 Å². The van der Waals surface area contributed by atoms with Crippen molar-refractivity contribution in [2.45, 2.75) is 13.8 Å². The third kappa shape index (κ3) is 9.01. The van der Waals surface area contributed by atoms with Gasteiger partial charge >= 0.3 is 0 Å². The van der Waals surface area contributed by atoms with Gasteiger partial charge in [-0.05, 0) is 6.92 Å². The van der Waals surface area contributed by atoms with Gasteiger partial charge in [0.25, 0.3) is 0 Å². The maximum Gasteiger partial charge on any atom is 0.00825 e. The predicted octanol–water partition coefficient (Wildman–Crippen LogP) is 1.20. The first-order chi connectivity index (χ1) is 2.41. The van der Waals surface area contributed by atoms with Gasteiger partial charge in [-0.1, -0.05) is 0 Å². The van der Waals surface area contributed by atoms with Gasteiger partial charge < -0.3 is 4.74 Å². The van der Waals surface area contributed by atoms with Gasteiger partial charge in [0.2, 0.25) is 0 Å². The van der Waals surface area contributed by atoms with Crippen molar-refractivity contribution in [3.05, 3.63) is 6.61 Å². The Morgan fingerprint density at radius 2 is 2.17 bits per heavy atom. The summed E-state index contributed by atoms with van der Waals surface area (Å²) in [6.45, 7) is 6.29. The molecule has 6 heavy (non-hydrogen) atoms. The average Bonchev–Trinajstić information content (AvgIpc) is 1.41. The predicted molar refractivity (Wildman–Crippen MR) is 21.6 cm³/mol. The molecule has 0 atom stereocenters. The minimum Gasteiger partial charge on any atom is -0.552 e. The summed E-state index contributed by atoms with van der Waals surface area (Å²) in [5.41, 5.74) is 0. The van der Waals surface area contributed by atoms with E-state index in [4.69, 9.17) is 4.74 Å². The Hall–Kier alpha value is 1.34.